The Morgan fingerprint density at radius 1 is 1.09 bits per heavy atom. The third kappa shape index (κ3) is 4.36. The topological polar surface area (TPSA) is 90.9 Å². The van der Waals surface area contributed by atoms with E-state index < -0.39 is 11.9 Å². The molecule has 2 aromatic heterocycles. The number of pyridine rings is 1. The lowest BCUT2D eigenvalue weighted by Gasteiger charge is -2.21. The standard InChI is InChI=1S/C26H22ClFN6O/c1-34-26(32-25(33-34)15-6-4-3-5-7-15)23(19-13-22(35-2)20(27)14-21(19)28)31-17-8-9-18-16(12-17)10-11-30-24(18)29/h3-14,23,31H,1-2H3,(H2,29,30). The Bertz CT molecular complexity index is 1520. The van der Waals surface area contributed by atoms with Crippen molar-refractivity contribution in [3.8, 4) is 17.1 Å². The number of ether oxygens (including phenoxy) is 1. The number of aromatic nitrogens is 4. The van der Waals surface area contributed by atoms with Crippen molar-refractivity contribution in [2.45, 2.75) is 6.04 Å². The molecule has 3 aromatic carbocycles. The highest BCUT2D eigenvalue weighted by Gasteiger charge is 2.26. The lowest BCUT2D eigenvalue weighted by Crippen LogP contribution is -2.19. The lowest BCUT2D eigenvalue weighted by molar-refractivity contribution is 0.412. The van der Waals surface area contributed by atoms with Crippen molar-refractivity contribution in [1.82, 2.24) is 19.7 Å². The van der Waals surface area contributed by atoms with E-state index in [1.807, 2.05) is 54.6 Å². The van der Waals surface area contributed by atoms with Crippen LogP contribution < -0.4 is 15.8 Å². The second kappa shape index (κ2) is 9.23. The van der Waals surface area contributed by atoms with Crippen molar-refractivity contribution in [2.24, 2.45) is 7.05 Å². The van der Waals surface area contributed by atoms with Crippen LogP contribution in [0.25, 0.3) is 22.2 Å². The summed E-state index contributed by atoms with van der Waals surface area (Å²) in [5.41, 5.74) is 7.92. The first-order valence-electron chi connectivity index (χ1n) is 10.8. The first kappa shape index (κ1) is 22.6. The molecule has 5 aromatic rings. The van der Waals surface area contributed by atoms with Crippen molar-refractivity contribution in [3.63, 3.8) is 0 Å². The van der Waals surface area contributed by atoms with Gasteiger partial charge in [0.15, 0.2) is 11.6 Å². The third-order valence-corrected chi connectivity index (χ3v) is 6.07. The monoisotopic (exact) mass is 488 g/mol. The zero-order chi connectivity index (χ0) is 24.5. The molecule has 5 rings (SSSR count). The summed E-state index contributed by atoms with van der Waals surface area (Å²) in [7, 11) is 3.27. The van der Waals surface area contributed by atoms with E-state index in [0.717, 1.165) is 22.0 Å². The Labute approximate surface area is 206 Å². The van der Waals surface area contributed by atoms with Crippen LogP contribution in [0, 0.1) is 5.82 Å². The van der Waals surface area contributed by atoms with Crippen LogP contribution in [0.15, 0.2) is 72.9 Å². The molecule has 0 aliphatic rings. The van der Waals surface area contributed by atoms with Crippen molar-refractivity contribution >= 4 is 33.9 Å². The summed E-state index contributed by atoms with van der Waals surface area (Å²) in [6.45, 7) is 0. The minimum Gasteiger partial charge on any atom is -0.495 e. The van der Waals surface area contributed by atoms with Gasteiger partial charge in [0, 0.05) is 35.4 Å². The normalized spacial score (nSPS) is 12.0. The van der Waals surface area contributed by atoms with E-state index in [0.29, 0.717) is 28.8 Å². The number of rotatable bonds is 6. The van der Waals surface area contributed by atoms with Crippen LogP contribution in [0.5, 0.6) is 5.75 Å². The van der Waals surface area contributed by atoms with Gasteiger partial charge in [0.25, 0.3) is 0 Å². The quantitative estimate of drug-likeness (QED) is 0.322. The van der Waals surface area contributed by atoms with Crippen LogP contribution in [-0.2, 0) is 7.05 Å². The van der Waals surface area contributed by atoms with Gasteiger partial charge in [-0.2, -0.15) is 5.10 Å². The molecule has 35 heavy (non-hydrogen) atoms. The van der Waals surface area contributed by atoms with Crippen LogP contribution in [0.1, 0.15) is 17.4 Å². The third-order valence-electron chi connectivity index (χ3n) is 5.78. The molecule has 2 heterocycles. The molecule has 7 nitrogen and oxygen atoms in total. The van der Waals surface area contributed by atoms with Crippen molar-refractivity contribution < 1.29 is 9.13 Å². The van der Waals surface area contributed by atoms with Gasteiger partial charge in [0.1, 0.15) is 23.4 Å². The summed E-state index contributed by atoms with van der Waals surface area (Å²) in [5.74, 6) is 1.36. The molecular formula is C26H22ClFN6O. The van der Waals surface area contributed by atoms with E-state index in [1.165, 1.54) is 13.2 Å². The van der Waals surface area contributed by atoms with Crippen molar-refractivity contribution in [1.29, 1.82) is 0 Å². The fourth-order valence-corrected chi connectivity index (χ4v) is 4.25. The predicted octanol–water partition coefficient (Wildman–Crippen LogP) is 5.62. The molecular weight excluding hydrogens is 467 g/mol. The van der Waals surface area contributed by atoms with Crippen LogP contribution in [0.4, 0.5) is 15.9 Å². The molecule has 0 amide bonds. The van der Waals surface area contributed by atoms with Gasteiger partial charge in [0.2, 0.25) is 0 Å². The lowest BCUT2D eigenvalue weighted by atomic mass is 10.0. The minimum absolute atomic E-state index is 0.184. The van der Waals surface area contributed by atoms with E-state index in [-0.39, 0.29) is 5.02 Å². The molecule has 176 valence electrons. The summed E-state index contributed by atoms with van der Waals surface area (Å²) in [5, 5.41) is 9.92. The molecule has 0 aliphatic carbocycles. The smallest absolute Gasteiger partial charge is 0.181 e. The van der Waals surface area contributed by atoms with Gasteiger partial charge >= 0.3 is 0 Å². The Hall–Kier alpha value is -4.17. The van der Waals surface area contributed by atoms with Gasteiger partial charge in [0.05, 0.1) is 12.1 Å². The average molecular weight is 489 g/mol. The van der Waals surface area contributed by atoms with Gasteiger partial charge in [-0.25, -0.2) is 14.4 Å². The first-order valence-corrected chi connectivity index (χ1v) is 11.2. The molecule has 0 radical (unpaired) electrons. The fraction of sp³-hybridized carbons (Fsp3) is 0.115. The van der Waals surface area contributed by atoms with E-state index in [9.17, 15) is 0 Å². The summed E-state index contributed by atoms with van der Waals surface area (Å²) in [6.07, 6.45) is 1.65. The maximum atomic E-state index is 15.3. The highest BCUT2D eigenvalue weighted by Crippen LogP contribution is 2.35. The maximum absolute atomic E-state index is 15.3. The number of nitrogens with zero attached hydrogens (tertiary/aromatic N) is 4. The molecule has 1 unspecified atom stereocenters. The Balaban J connectivity index is 1.64. The summed E-state index contributed by atoms with van der Waals surface area (Å²) in [4.78, 5) is 8.90. The highest BCUT2D eigenvalue weighted by atomic mass is 35.5. The molecule has 0 saturated heterocycles. The Morgan fingerprint density at radius 2 is 1.89 bits per heavy atom. The zero-order valence-electron chi connectivity index (χ0n) is 19.0. The molecule has 0 bridgehead atoms. The van der Waals surface area contributed by atoms with Crippen LogP contribution in [0.2, 0.25) is 5.02 Å². The van der Waals surface area contributed by atoms with Gasteiger partial charge in [-0.05, 0) is 41.8 Å². The fourth-order valence-electron chi connectivity index (χ4n) is 4.02. The van der Waals surface area contributed by atoms with E-state index in [4.69, 9.17) is 27.1 Å². The van der Waals surface area contributed by atoms with Gasteiger partial charge in [-0.1, -0.05) is 41.9 Å². The second-order valence-corrected chi connectivity index (χ2v) is 8.41. The van der Waals surface area contributed by atoms with E-state index >= 15 is 4.39 Å². The number of fused-ring (bicyclic) bond motifs is 1. The molecule has 0 saturated carbocycles. The van der Waals surface area contributed by atoms with E-state index in [1.54, 1.807) is 24.0 Å². The SMILES string of the molecule is COc1cc(C(Nc2ccc3c(N)nccc3c2)c2nc(-c3ccccc3)nn2C)c(F)cc1Cl. The Morgan fingerprint density at radius 3 is 2.66 bits per heavy atom. The summed E-state index contributed by atoms with van der Waals surface area (Å²) >= 11 is 6.17. The van der Waals surface area contributed by atoms with Gasteiger partial charge < -0.3 is 15.8 Å². The number of aryl methyl sites for hydroxylation is 1. The van der Waals surface area contributed by atoms with E-state index in [2.05, 4.69) is 15.4 Å². The second-order valence-electron chi connectivity index (χ2n) is 8.00. The average Bonchev–Trinajstić information content (AvgIpc) is 3.25. The number of halogens is 2. The molecule has 0 aliphatic heterocycles. The largest absolute Gasteiger partial charge is 0.495 e. The zero-order valence-corrected chi connectivity index (χ0v) is 19.8. The highest BCUT2D eigenvalue weighted by molar-refractivity contribution is 6.32. The number of methoxy groups -OCH3 is 1. The molecule has 3 N–H and O–H groups in total. The summed E-state index contributed by atoms with van der Waals surface area (Å²) < 4.78 is 22.3. The van der Waals surface area contributed by atoms with Crippen molar-refractivity contribution in [3.05, 3.63) is 95.2 Å². The molecule has 1 atom stereocenters. The molecule has 0 fully saturated rings. The van der Waals surface area contributed by atoms with Crippen LogP contribution in [-0.4, -0.2) is 26.9 Å². The van der Waals surface area contributed by atoms with Gasteiger partial charge in [-0.15, -0.1) is 0 Å². The number of hydrogen-bond donors (Lipinski definition) is 2. The molecule has 0 spiro atoms. The maximum Gasteiger partial charge on any atom is 0.181 e. The van der Waals surface area contributed by atoms with Gasteiger partial charge in [-0.3, -0.25) is 4.68 Å². The van der Waals surface area contributed by atoms with Crippen molar-refractivity contribution in [2.75, 3.05) is 18.2 Å². The number of nitrogen functional groups attached to an aromatic ring is 1. The Kier molecular flexibility index (Phi) is 5.96. The minimum atomic E-state index is -0.701. The van der Waals surface area contributed by atoms with Crippen LogP contribution in [0.3, 0.4) is 0 Å². The van der Waals surface area contributed by atoms with Crippen LogP contribution >= 0.6 is 11.6 Å². The first-order chi connectivity index (χ1) is 16.9. The number of benzene rings is 3. The number of nitrogens with one attached hydrogen (secondary N) is 1. The number of anilines is 2. The molecule has 9 heteroatoms. The number of hydrogen-bond acceptors (Lipinski definition) is 6. The summed E-state index contributed by atoms with van der Waals surface area (Å²) in [6, 6.07) is 19.3. The number of nitrogens with two attached hydrogens (primary N) is 1. The predicted molar refractivity (Wildman–Crippen MR) is 136 cm³/mol.